The van der Waals surface area contributed by atoms with Gasteiger partial charge in [0, 0.05) is 17.3 Å². The molecule has 1 aromatic carbocycles. The Morgan fingerprint density at radius 1 is 1.25 bits per heavy atom. The van der Waals surface area contributed by atoms with Gasteiger partial charge in [0.2, 0.25) is 0 Å². The van der Waals surface area contributed by atoms with Gasteiger partial charge in [-0.05, 0) is 30.5 Å². The van der Waals surface area contributed by atoms with Gasteiger partial charge in [-0.15, -0.1) is 0 Å². The summed E-state index contributed by atoms with van der Waals surface area (Å²) in [7, 11) is -1.20. The Morgan fingerprint density at radius 3 is 2.53 bits per heavy atom. The molecule has 1 fully saturated rings. The molecule has 0 bridgehead atoms. The average Bonchev–Trinajstić information content (AvgIpc) is 3.03. The number of carbonyl (C=O) groups is 4. The molecular weight excluding hydrogens is 464 g/mol. The predicted molar refractivity (Wildman–Crippen MR) is 117 cm³/mol. The van der Waals surface area contributed by atoms with Crippen LogP contribution >= 0.6 is 23.2 Å². The van der Waals surface area contributed by atoms with Gasteiger partial charge in [0.25, 0.3) is 5.91 Å². The van der Waals surface area contributed by atoms with E-state index < -0.39 is 49.4 Å². The number of rotatable bonds is 11. The molecule has 0 aliphatic carbocycles. The summed E-state index contributed by atoms with van der Waals surface area (Å²) in [5.41, 5.74) is -1.88. The van der Waals surface area contributed by atoms with Crippen molar-refractivity contribution in [2.75, 3.05) is 13.2 Å². The number of hydrogen-bond donors (Lipinski definition) is 3. The van der Waals surface area contributed by atoms with Gasteiger partial charge in [-0.25, -0.2) is 0 Å². The molecule has 1 heterocycles. The van der Waals surface area contributed by atoms with Crippen LogP contribution in [-0.4, -0.2) is 59.7 Å². The number of ketones is 1. The summed E-state index contributed by atoms with van der Waals surface area (Å²) in [6, 6.07) is 4.38. The maximum Gasteiger partial charge on any atom is 0.531 e. The Kier molecular flexibility index (Phi) is 9.09. The molecule has 2 atom stereocenters. The third-order valence-electron chi connectivity index (χ3n) is 4.90. The van der Waals surface area contributed by atoms with Crippen LogP contribution in [0.2, 0.25) is 15.9 Å². The number of Topliss-reactive ketones (excluding diaryl/α,β-unsaturated/α-hetero) is 1. The van der Waals surface area contributed by atoms with Crippen LogP contribution in [0.1, 0.15) is 43.5 Å². The lowest BCUT2D eigenvalue weighted by molar-refractivity contribution is -0.155. The highest BCUT2D eigenvalue weighted by molar-refractivity contribution is 6.51. The van der Waals surface area contributed by atoms with Gasteiger partial charge < -0.3 is 24.8 Å². The fourth-order valence-electron chi connectivity index (χ4n) is 3.42. The molecule has 174 valence electrons. The summed E-state index contributed by atoms with van der Waals surface area (Å²) in [4.78, 5) is 48.2. The zero-order valence-electron chi connectivity index (χ0n) is 17.6. The Bertz CT molecular complexity index is 896. The third-order valence-corrected chi connectivity index (χ3v) is 5.46. The molecule has 0 saturated carbocycles. The second kappa shape index (κ2) is 11.1. The maximum absolute atomic E-state index is 12.6. The third kappa shape index (κ3) is 6.68. The summed E-state index contributed by atoms with van der Waals surface area (Å²) in [5, 5.41) is 21.6. The van der Waals surface area contributed by atoms with E-state index >= 15 is 0 Å². The van der Waals surface area contributed by atoms with Gasteiger partial charge >= 0.3 is 19.1 Å². The number of nitrogens with one attached hydrogen (secondary N) is 1. The molecule has 9 nitrogen and oxygen atoms in total. The first-order valence-corrected chi connectivity index (χ1v) is 10.7. The topological polar surface area (TPSA) is 139 Å². The van der Waals surface area contributed by atoms with E-state index in [0.29, 0.717) is 11.4 Å². The van der Waals surface area contributed by atoms with Crippen LogP contribution in [0.15, 0.2) is 18.2 Å². The molecule has 0 radical (unpaired) electrons. The largest absolute Gasteiger partial charge is 0.531 e. The average molecular weight is 488 g/mol. The van der Waals surface area contributed by atoms with E-state index in [2.05, 4.69) is 5.32 Å². The summed E-state index contributed by atoms with van der Waals surface area (Å²) >= 11 is 11.9. The lowest BCUT2D eigenvalue weighted by atomic mass is 9.65. The van der Waals surface area contributed by atoms with E-state index in [0.717, 1.165) is 0 Å². The molecule has 1 amide bonds. The molecule has 1 saturated heterocycles. The lowest BCUT2D eigenvalue weighted by Crippen LogP contribution is -2.43. The number of carboxylic acids is 1. The van der Waals surface area contributed by atoms with Crippen molar-refractivity contribution in [3.63, 3.8) is 0 Å². The van der Waals surface area contributed by atoms with Gasteiger partial charge in [0.15, 0.2) is 11.4 Å². The second-order valence-electron chi connectivity index (χ2n) is 8.05. The minimum absolute atomic E-state index is 0.0959. The number of carbonyl (C=O) groups excluding carboxylic acids is 3. The fourth-order valence-corrected chi connectivity index (χ4v) is 3.80. The zero-order valence-corrected chi connectivity index (χ0v) is 19.1. The quantitative estimate of drug-likeness (QED) is 0.404. The first-order chi connectivity index (χ1) is 15.0. The van der Waals surface area contributed by atoms with Gasteiger partial charge in [-0.1, -0.05) is 37.0 Å². The SMILES string of the molecule is CC(C)C[C@H](CC(=O)CNC(=O)c1cc(Cl)ccc1Cl)B1OC(=O)C(CO)(CC(=O)O)O1. The van der Waals surface area contributed by atoms with Gasteiger partial charge in [0.05, 0.1) is 30.2 Å². The van der Waals surface area contributed by atoms with Crippen LogP contribution in [-0.2, 0) is 23.7 Å². The first-order valence-electron chi connectivity index (χ1n) is 9.94. The molecule has 0 aromatic heterocycles. The fraction of sp³-hybridized carbons (Fsp3) is 0.500. The highest BCUT2D eigenvalue weighted by atomic mass is 35.5. The number of amides is 1. The minimum atomic E-state index is -2.01. The monoisotopic (exact) mass is 487 g/mol. The molecule has 1 aliphatic heterocycles. The van der Waals surface area contributed by atoms with Crippen molar-refractivity contribution in [2.24, 2.45) is 5.92 Å². The number of halogens is 2. The predicted octanol–water partition coefficient (Wildman–Crippen LogP) is 2.37. The van der Waals surface area contributed by atoms with E-state index in [9.17, 15) is 24.3 Å². The molecule has 0 spiro atoms. The van der Waals surface area contributed by atoms with E-state index in [1.165, 1.54) is 18.2 Å². The molecule has 32 heavy (non-hydrogen) atoms. The van der Waals surface area contributed by atoms with E-state index in [1.54, 1.807) is 0 Å². The van der Waals surface area contributed by atoms with Crippen molar-refractivity contribution in [3.05, 3.63) is 33.8 Å². The van der Waals surface area contributed by atoms with Crippen molar-refractivity contribution < 1.29 is 38.7 Å². The van der Waals surface area contributed by atoms with E-state index in [-0.39, 0.29) is 35.3 Å². The number of benzene rings is 1. The Labute approximate surface area is 195 Å². The number of carboxylic acid groups (broad SMARTS) is 1. The van der Waals surface area contributed by atoms with Crippen LogP contribution in [0, 0.1) is 5.92 Å². The molecule has 2 rings (SSSR count). The molecular formula is C20H24BCl2NO8. The highest BCUT2D eigenvalue weighted by Crippen LogP contribution is 2.36. The summed E-state index contributed by atoms with van der Waals surface area (Å²) in [6.07, 6.45) is -0.446. The summed E-state index contributed by atoms with van der Waals surface area (Å²) in [5.74, 6) is -3.76. The summed E-state index contributed by atoms with van der Waals surface area (Å²) in [6.45, 7) is 2.62. The second-order valence-corrected chi connectivity index (χ2v) is 8.90. The molecule has 1 aromatic rings. The van der Waals surface area contributed by atoms with Crippen LogP contribution in [0.4, 0.5) is 0 Å². The standard InChI is InChI=1S/C20H24BCl2NO8/c1-11(2)5-12(21-31-19(30)20(10-25,32-21)8-17(27)28)6-14(26)9-24-18(29)15-7-13(22)3-4-16(15)23/h3-4,7,11-12,25H,5-6,8-10H2,1-2H3,(H,24,29)(H,27,28)/t12-,20?/m1/s1. The zero-order chi connectivity index (χ0) is 24.1. The van der Waals surface area contributed by atoms with Crippen molar-refractivity contribution in [3.8, 4) is 0 Å². The van der Waals surface area contributed by atoms with Crippen molar-refractivity contribution >= 4 is 53.9 Å². The molecule has 1 aliphatic rings. The minimum Gasteiger partial charge on any atom is -0.507 e. The first kappa shape index (κ1) is 26.1. The van der Waals surface area contributed by atoms with Crippen LogP contribution < -0.4 is 5.32 Å². The van der Waals surface area contributed by atoms with Crippen LogP contribution in [0.25, 0.3) is 0 Å². The molecule has 3 N–H and O–H groups in total. The maximum atomic E-state index is 12.6. The van der Waals surface area contributed by atoms with Crippen molar-refractivity contribution in [1.29, 1.82) is 0 Å². The van der Waals surface area contributed by atoms with Crippen molar-refractivity contribution in [2.45, 2.75) is 44.5 Å². The number of aliphatic hydroxyl groups is 1. The van der Waals surface area contributed by atoms with Gasteiger partial charge in [0.1, 0.15) is 0 Å². The smallest absolute Gasteiger partial charge is 0.507 e. The van der Waals surface area contributed by atoms with Crippen LogP contribution in [0.3, 0.4) is 0 Å². The number of hydrogen-bond acceptors (Lipinski definition) is 7. The Hall–Kier alpha value is -2.14. The van der Waals surface area contributed by atoms with Gasteiger partial charge in [-0.3, -0.25) is 19.2 Å². The summed E-state index contributed by atoms with van der Waals surface area (Å²) < 4.78 is 10.7. The molecule has 12 heteroatoms. The number of aliphatic carboxylic acids is 1. The van der Waals surface area contributed by atoms with Gasteiger partial charge in [-0.2, -0.15) is 0 Å². The van der Waals surface area contributed by atoms with E-state index in [4.69, 9.17) is 37.6 Å². The highest BCUT2D eigenvalue weighted by Gasteiger charge is 2.56. The molecule has 1 unspecified atom stereocenters. The Morgan fingerprint density at radius 2 is 1.94 bits per heavy atom. The lowest BCUT2D eigenvalue weighted by Gasteiger charge is -2.23. The normalized spacial score (nSPS) is 19.1. The Balaban J connectivity index is 2.05. The van der Waals surface area contributed by atoms with E-state index in [1.807, 2.05) is 13.8 Å². The van der Waals surface area contributed by atoms with Crippen LogP contribution in [0.5, 0.6) is 0 Å². The number of aliphatic hydroxyl groups excluding tert-OH is 1. The van der Waals surface area contributed by atoms with Crippen molar-refractivity contribution in [1.82, 2.24) is 5.32 Å².